The molecule has 0 spiro atoms. The van der Waals surface area contributed by atoms with Crippen molar-refractivity contribution in [3.8, 4) is 0 Å². The fraction of sp³-hybridized carbons (Fsp3) is 0.0769. The molecule has 0 unspecified atom stereocenters. The van der Waals surface area contributed by atoms with Crippen LogP contribution in [0.1, 0.15) is 10.4 Å². The molecule has 4 nitrogen and oxygen atoms in total. The number of carbonyl (C=O) groups is 1. The molecule has 5 heteroatoms. The lowest BCUT2D eigenvalue weighted by atomic mass is 10.2. The summed E-state index contributed by atoms with van der Waals surface area (Å²) in [6.45, 7) is 0. The SMILES string of the molecule is Cn1ccc(C(=O)Nc2ccc(Br)cc2)cc1=O. The summed E-state index contributed by atoms with van der Waals surface area (Å²) in [5, 5.41) is 2.72. The molecule has 1 aromatic heterocycles. The number of rotatable bonds is 2. The van der Waals surface area contributed by atoms with Crippen LogP contribution in [0.3, 0.4) is 0 Å². The van der Waals surface area contributed by atoms with E-state index < -0.39 is 0 Å². The summed E-state index contributed by atoms with van der Waals surface area (Å²) < 4.78 is 2.35. The fourth-order valence-electron chi connectivity index (χ4n) is 1.43. The number of halogens is 1. The summed E-state index contributed by atoms with van der Waals surface area (Å²) >= 11 is 3.32. The number of carbonyl (C=O) groups excluding carboxylic acids is 1. The lowest BCUT2D eigenvalue weighted by molar-refractivity contribution is 0.102. The van der Waals surface area contributed by atoms with Gasteiger partial charge >= 0.3 is 0 Å². The van der Waals surface area contributed by atoms with Crippen molar-refractivity contribution in [2.24, 2.45) is 7.05 Å². The summed E-state index contributed by atoms with van der Waals surface area (Å²) in [6, 6.07) is 10.1. The molecule has 0 bridgehead atoms. The molecule has 0 aliphatic carbocycles. The Balaban J connectivity index is 2.19. The first-order valence-electron chi connectivity index (χ1n) is 5.30. The third kappa shape index (κ3) is 2.87. The van der Waals surface area contributed by atoms with Gasteiger partial charge in [-0.1, -0.05) is 15.9 Å². The lowest BCUT2D eigenvalue weighted by Crippen LogP contribution is -2.19. The van der Waals surface area contributed by atoms with Crippen molar-refractivity contribution in [1.82, 2.24) is 4.57 Å². The molecule has 0 fully saturated rings. The number of hydrogen-bond acceptors (Lipinski definition) is 2. The number of nitrogens with zero attached hydrogens (tertiary/aromatic N) is 1. The van der Waals surface area contributed by atoms with E-state index in [2.05, 4.69) is 21.2 Å². The highest BCUT2D eigenvalue weighted by Crippen LogP contribution is 2.14. The summed E-state index contributed by atoms with van der Waals surface area (Å²) in [7, 11) is 1.64. The van der Waals surface area contributed by atoms with Crippen molar-refractivity contribution in [1.29, 1.82) is 0 Å². The first-order chi connectivity index (χ1) is 8.56. The minimum Gasteiger partial charge on any atom is -0.322 e. The number of nitrogens with one attached hydrogen (secondary N) is 1. The van der Waals surface area contributed by atoms with E-state index in [-0.39, 0.29) is 11.5 Å². The van der Waals surface area contributed by atoms with Gasteiger partial charge in [0.25, 0.3) is 11.5 Å². The van der Waals surface area contributed by atoms with E-state index in [1.54, 1.807) is 31.4 Å². The third-order valence-corrected chi connectivity index (χ3v) is 3.00. The van der Waals surface area contributed by atoms with E-state index in [1.807, 2.05) is 12.1 Å². The second-order valence-electron chi connectivity index (χ2n) is 3.83. The fourth-order valence-corrected chi connectivity index (χ4v) is 1.69. The van der Waals surface area contributed by atoms with Gasteiger partial charge in [-0.15, -0.1) is 0 Å². The smallest absolute Gasteiger partial charge is 0.255 e. The zero-order valence-electron chi connectivity index (χ0n) is 9.68. The Bertz CT molecular complexity index is 632. The third-order valence-electron chi connectivity index (χ3n) is 2.47. The van der Waals surface area contributed by atoms with E-state index in [4.69, 9.17) is 0 Å². The number of benzene rings is 1. The van der Waals surface area contributed by atoms with Crippen LogP contribution < -0.4 is 10.9 Å². The van der Waals surface area contributed by atoms with Gasteiger partial charge in [0.05, 0.1) is 0 Å². The van der Waals surface area contributed by atoms with E-state index in [0.717, 1.165) is 4.47 Å². The average Bonchev–Trinajstić information content (AvgIpc) is 2.35. The van der Waals surface area contributed by atoms with Crippen LogP contribution in [0.4, 0.5) is 5.69 Å². The number of aromatic nitrogens is 1. The molecule has 2 rings (SSSR count). The van der Waals surface area contributed by atoms with Gasteiger partial charge < -0.3 is 9.88 Å². The van der Waals surface area contributed by atoms with Crippen molar-refractivity contribution >= 4 is 27.5 Å². The number of amides is 1. The predicted octanol–water partition coefficient (Wildman–Crippen LogP) is 2.40. The summed E-state index contributed by atoms with van der Waals surface area (Å²) in [5.74, 6) is -0.296. The minimum absolute atomic E-state index is 0.210. The Labute approximate surface area is 112 Å². The number of aryl methyl sites for hydroxylation is 1. The van der Waals surface area contributed by atoms with Crippen LogP contribution in [0.25, 0.3) is 0 Å². The van der Waals surface area contributed by atoms with Crippen molar-refractivity contribution in [2.75, 3.05) is 5.32 Å². The van der Waals surface area contributed by atoms with Gasteiger partial charge in [-0.2, -0.15) is 0 Å². The van der Waals surface area contributed by atoms with Crippen LogP contribution in [0.2, 0.25) is 0 Å². The van der Waals surface area contributed by atoms with E-state index in [1.165, 1.54) is 10.6 Å². The molecule has 92 valence electrons. The van der Waals surface area contributed by atoms with E-state index >= 15 is 0 Å². The normalized spacial score (nSPS) is 10.1. The maximum Gasteiger partial charge on any atom is 0.255 e. The van der Waals surface area contributed by atoms with Gasteiger partial charge in [-0.25, -0.2) is 0 Å². The van der Waals surface area contributed by atoms with Crippen LogP contribution >= 0.6 is 15.9 Å². The second kappa shape index (κ2) is 5.18. The number of hydrogen-bond donors (Lipinski definition) is 1. The monoisotopic (exact) mass is 306 g/mol. The average molecular weight is 307 g/mol. The first-order valence-corrected chi connectivity index (χ1v) is 6.09. The Kier molecular flexibility index (Phi) is 3.62. The van der Waals surface area contributed by atoms with E-state index in [9.17, 15) is 9.59 Å². The van der Waals surface area contributed by atoms with Crippen LogP contribution in [0.5, 0.6) is 0 Å². The van der Waals surface area contributed by atoms with Gasteiger partial charge in [0, 0.05) is 35.0 Å². The van der Waals surface area contributed by atoms with Crippen LogP contribution in [0, 0.1) is 0 Å². The quantitative estimate of drug-likeness (QED) is 0.926. The zero-order chi connectivity index (χ0) is 13.1. The van der Waals surface area contributed by atoms with Crippen molar-refractivity contribution in [3.05, 3.63) is 63.0 Å². The Morgan fingerprint density at radius 1 is 1.22 bits per heavy atom. The zero-order valence-corrected chi connectivity index (χ0v) is 11.3. The summed E-state index contributed by atoms with van der Waals surface area (Å²) in [5.41, 5.74) is 0.823. The van der Waals surface area contributed by atoms with Crippen molar-refractivity contribution < 1.29 is 4.79 Å². The maximum atomic E-state index is 11.9. The lowest BCUT2D eigenvalue weighted by Gasteiger charge is -2.05. The van der Waals surface area contributed by atoms with Gasteiger partial charge in [-0.3, -0.25) is 9.59 Å². The number of pyridine rings is 1. The maximum absolute atomic E-state index is 11.9. The molecule has 1 N–H and O–H groups in total. The van der Waals surface area contributed by atoms with Gasteiger partial charge in [0.2, 0.25) is 0 Å². The predicted molar refractivity (Wildman–Crippen MR) is 73.8 cm³/mol. The summed E-state index contributed by atoms with van der Waals surface area (Å²) in [4.78, 5) is 23.3. The molecule has 1 aromatic carbocycles. The van der Waals surface area contributed by atoms with Crippen molar-refractivity contribution in [3.63, 3.8) is 0 Å². The summed E-state index contributed by atoms with van der Waals surface area (Å²) in [6.07, 6.45) is 1.57. The highest BCUT2D eigenvalue weighted by Gasteiger charge is 2.06. The van der Waals surface area contributed by atoms with Gasteiger partial charge in [0.1, 0.15) is 0 Å². The van der Waals surface area contributed by atoms with Gasteiger partial charge in [-0.05, 0) is 30.3 Å². The first kappa shape index (κ1) is 12.6. The molecule has 1 heterocycles. The molecule has 18 heavy (non-hydrogen) atoms. The van der Waals surface area contributed by atoms with E-state index in [0.29, 0.717) is 11.3 Å². The molecule has 0 aliphatic heterocycles. The topological polar surface area (TPSA) is 51.1 Å². The molecule has 2 aromatic rings. The highest BCUT2D eigenvalue weighted by molar-refractivity contribution is 9.10. The van der Waals surface area contributed by atoms with Crippen molar-refractivity contribution in [2.45, 2.75) is 0 Å². The molecule has 0 atom stereocenters. The molecule has 0 aliphatic rings. The van der Waals surface area contributed by atoms with Crippen LogP contribution in [-0.2, 0) is 7.05 Å². The number of anilines is 1. The molecular formula is C13H11BrN2O2. The highest BCUT2D eigenvalue weighted by atomic mass is 79.9. The molecule has 0 saturated carbocycles. The minimum atomic E-state index is -0.296. The Morgan fingerprint density at radius 3 is 2.50 bits per heavy atom. The molecule has 1 amide bonds. The standard InChI is InChI=1S/C13H11BrN2O2/c1-16-7-6-9(8-12(16)17)13(18)15-11-4-2-10(14)3-5-11/h2-8H,1H3,(H,15,18). The van der Waals surface area contributed by atoms with Gasteiger partial charge in [0.15, 0.2) is 0 Å². The second-order valence-corrected chi connectivity index (χ2v) is 4.74. The Hall–Kier alpha value is -1.88. The van der Waals surface area contributed by atoms with Crippen LogP contribution in [0.15, 0.2) is 51.9 Å². The Morgan fingerprint density at radius 2 is 1.89 bits per heavy atom. The molecule has 0 saturated heterocycles. The molecule has 0 radical (unpaired) electrons. The van der Waals surface area contributed by atoms with Crippen LogP contribution in [-0.4, -0.2) is 10.5 Å². The largest absolute Gasteiger partial charge is 0.322 e. The molecular weight excluding hydrogens is 296 g/mol.